The number of carbonyl (C=O) groups is 1. The lowest BCUT2D eigenvalue weighted by atomic mass is 10.1. The Hall–Kier alpha value is -3.35. The Morgan fingerprint density at radius 2 is 1.93 bits per heavy atom. The van der Waals surface area contributed by atoms with Gasteiger partial charge in [0.25, 0.3) is 5.56 Å². The minimum absolute atomic E-state index is 0.0642. The van der Waals surface area contributed by atoms with Gasteiger partial charge in [-0.05, 0) is 25.5 Å². The molecule has 27 heavy (non-hydrogen) atoms. The fourth-order valence-corrected chi connectivity index (χ4v) is 2.80. The van der Waals surface area contributed by atoms with Crippen LogP contribution in [0.5, 0.6) is 0 Å². The average molecular weight is 367 g/mol. The summed E-state index contributed by atoms with van der Waals surface area (Å²) < 4.78 is 11.5. The van der Waals surface area contributed by atoms with Gasteiger partial charge in [-0.2, -0.15) is 0 Å². The number of esters is 1. The first-order valence-corrected chi connectivity index (χ1v) is 8.53. The summed E-state index contributed by atoms with van der Waals surface area (Å²) in [7, 11) is 1.30. The van der Waals surface area contributed by atoms with Crippen LogP contribution >= 0.6 is 0 Å². The zero-order chi connectivity index (χ0) is 19.4. The number of rotatable bonds is 6. The van der Waals surface area contributed by atoms with E-state index < -0.39 is 5.97 Å². The van der Waals surface area contributed by atoms with Crippen LogP contribution < -0.4 is 11.0 Å². The summed E-state index contributed by atoms with van der Waals surface area (Å²) >= 11 is 0. The van der Waals surface area contributed by atoms with Gasteiger partial charge >= 0.3 is 5.97 Å². The molecule has 140 valence electrons. The predicted molar refractivity (Wildman–Crippen MR) is 101 cm³/mol. The highest BCUT2D eigenvalue weighted by Gasteiger charge is 2.16. The number of ether oxygens (including phenoxy) is 1. The summed E-state index contributed by atoms with van der Waals surface area (Å²) in [6.07, 6.45) is 1.58. The summed E-state index contributed by atoms with van der Waals surface area (Å²) in [5, 5.41) is 4.05. The van der Waals surface area contributed by atoms with Crippen molar-refractivity contribution in [1.82, 2.24) is 9.83 Å². The Morgan fingerprint density at radius 1 is 1.19 bits per heavy atom. The van der Waals surface area contributed by atoms with E-state index in [9.17, 15) is 9.59 Å². The lowest BCUT2D eigenvalue weighted by molar-refractivity contribution is -0.139. The second-order valence-electron chi connectivity index (χ2n) is 6.18. The highest BCUT2D eigenvalue weighted by Crippen LogP contribution is 2.25. The molecule has 7 nitrogen and oxygen atoms in total. The van der Waals surface area contributed by atoms with Gasteiger partial charge in [-0.15, -0.1) is 0 Å². The lowest BCUT2D eigenvalue weighted by Gasteiger charge is -2.13. The number of aryl methyl sites for hydroxylation is 2. The SMILES string of the molecule is COC(=O)Cc1c(C)ccn(NCc2c(C)noc2-c2ccccc2)c1=O. The minimum atomic E-state index is -0.450. The molecule has 0 aliphatic heterocycles. The molecule has 0 atom stereocenters. The Bertz CT molecular complexity index is 1010. The smallest absolute Gasteiger partial charge is 0.310 e. The maximum Gasteiger partial charge on any atom is 0.310 e. The number of nitrogens with zero attached hydrogens (tertiary/aromatic N) is 2. The van der Waals surface area contributed by atoms with E-state index in [0.29, 0.717) is 17.9 Å². The van der Waals surface area contributed by atoms with Gasteiger partial charge in [0.05, 0.1) is 25.8 Å². The summed E-state index contributed by atoms with van der Waals surface area (Å²) in [6.45, 7) is 4.00. The second-order valence-corrected chi connectivity index (χ2v) is 6.18. The fraction of sp³-hybridized carbons (Fsp3) is 0.250. The first-order valence-electron chi connectivity index (χ1n) is 8.53. The van der Waals surface area contributed by atoms with Gasteiger partial charge < -0.3 is 14.7 Å². The van der Waals surface area contributed by atoms with Crippen molar-refractivity contribution in [2.45, 2.75) is 26.8 Å². The van der Waals surface area contributed by atoms with Gasteiger partial charge in [-0.1, -0.05) is 35.5 Å². The lowest BCUT2D eigenvalue weighted by Crippen LogP contribution is -2.32. The molecule has 0 unspecified atom stereocenters. The highest BCUT2D eigenvalue weighted by atomic mass is 16.5. The molecule has 0 spiro atoms. The third-order valence-corrected chi connectivity index (χ3v) is 4.42. The summed E-state index contributed by atoms with van der Waals surface area (Å²) in [4.78, 5) is 24.3. The monoisotopic (exact) mass is 367 g/mol. The largest absolute Gasteiger partial charge is 0.469 e. The summed E-state index contributed by atoms with van der Waals surface area (Å²) in [6, 6.07) is 11.4. The Kier molecular flexibility index (Phi) is 5.40. The van der Waals surface area contributed by atoms with Crippen molar-refractivity contribution in [1.29, 1.82) is 0 Å². The molecule has 0 bridgehead atoms. The van der Waals surface area contributed by atoms with Crippen LogP contribution in [0.15, 0.2) is 51.9 Å². The van der Waals surface area contributed by atoms with Crippen molar-refractivity contribution >= 4 is 5.97 Å². The quantitative estimate of drug-likeness (QED) is 0.674. The topological polar surface area (TPSA) is 86.4 Å². The molecule has 3 aromatic rings. The van der Waals surface area contributed by atoms with E-state index >= 15 is 0 Å². The molecule has 1 N–H and O–H groups in total. The van der Waals surface area contributed by atoms with Crippen molar-refractivity contribution < 1.29 is 14.1 Å². The molecule has 0 aliphatic carbocycles. The van der Waals surface area contributed by atoms with E-state index in [1.807, 2.05) is 37.3 Å². The van der Waals surface area contributed by atoms with Crippen LogP contribution in [-0.4, -0.2) is 22.9 Å². The first-order chi connectivity index (χ1) is 13.0. The van der Waals surface area contributed by atoms with Gasteiger partial charge in [-0.25, -0.2) is 4.68 Å². The van der Waals surface area contributed by atoms with Crippen LogP contribution in [0.1, 0.15) is 22.4 Å². The average Bonchev–Trinajstić information content (AvgIpc) is 3.05. The van der Waals surface area contributed by atoms with Crippen molar-refractivity contribution in [3.63, 3.8) is 0 Å². The molecule has 0 fully saturated rings. The number of nitrogens with one attached hydrogen (secondary N) is 1. The molecule has 0 aliphatic rings. The summed E-state index contributed by atoms with van der Waals surface area (Å²) in [5.74, 6) is 0.213. The molecule has 7 heteroatoms. The van der Waals surface area contributed by atoms with E-state index in [1.54, 1.807) is 19.2 Å². The van der Waals surface area contributed by atoms with E-state index in [1.165, 1.54) is 11.8 Å². The van der Waals surface area contributed by atoms with E-state index in [0.717, 1.165) is 22.4 Å². The molecule has 3 rings (SSSR count). The standard InChI is InChI=1S/C20H21N3O4/c1-13-9-10-23(20(25)16(13)11-18(24)26-3)21-12-17-14(2)22-27-19(17)15-7-5-4-6-8-15/h4-10,21H,11-12H2,1-3H3. The number of aromatic nitrogens is 2. The minimum Gasteiger partial charge on any atom is -0.469 e. The molecule has 2 heterocycles. The maximum atomic E-state index is 12.7. The number of hydrogen-bond donors (Lipinski definition) is 1. The van der Waals surface area contributed by atoms with Gasteiger partial charge in [0, 0.05) is 22.9 Å². The van der Waals surface area contributed by atoms with Gasteiger partial charge in [0.15, 0.2) is 5.76 Å². The number of methoxy groups -OCH3 is 1. The predicted octanol–water partition coefficient (Wildman–Crippen LogP) is 2.58. The molecule has 0 amide bonds. The van der Waals surface area contributed by atoms with Crippen molar-refractivity contribution in [2.24, 2.45) is 0 Å². The Labute approximate surface area is 156 Å². The third-order valence-electron chi connectivity index (χ3n) is 4.42. The van der Waals surface area contributed by atoms with Crippen LogP contribution in [0, 0.1) is 13.8 Å². The maximum absolute atomic E-state index is 12.7. The van der Waals surface area contributed by atoms with Crippen molar-refractivity contribution in [3.8, 4) is 11.3 Å². The van der Waals surface area contributed by atoms with Crippen molar-refractivity contribution in [3.05, 3.63) is 75.3 Å². The van der Waals surface area contributed by atoms with Crippen LogP contribution in [0.25, 0.3) is 11.3 Å². The second kappa shape index (κ2) is 7.90. The third kappa shape index (κ3) is 3.92. The summed E-state index contributed by atoms with van der Waals surface area (Å²) in [5.41, 5.74) is 6.47. The zero-order valence-electron chi connectivity index (χ0n) is 15.5. The molecular weight excluding hydrogens is 346 g/mol. The van der Waals surface area contributed by atoms with Crippen LogP contribution in [0.4, 0.5) is 0 Å². The molecule has 2 aromatic heterocycles. The molecule has 0 radical (unpaired) electrons. The van der Waals surface area contributed by atoms with Crippen LogP contribution in [0.3, 0.4) is 0 Å². The van der Waals surface area contributed by atoms with E-state index in [4.69, 9.17) is 4.52 Å². The normalized spacial score (nSPS) is 10.6. The molecular formula is C20H21N3O4. The number of benzene rings is 1. The zero-order valence-corrected chi connectivity index (χ0v) is 15.5. The molecule has 0 saturated heterocycles. The molecule has 1 aromatic carbocycles. The number of pyridine rings is 1. The Balaban J connectivity index is 1.86. The number of carbonyl (C=O) groups excluding carboxylic acids is 1. The Morgan fingerprint density at radius 3 is 2.63 bits per heavy atom. The highest BCUT2D eigenvalue weighted by molar-refractivity contribution is 5.72. The van der Waals surface area contributed by atoms with Gasteiger partial charge in [-0.3, -0.25) is 9.59 Å². The fourth-order valence-electron chi connectivity index (χ4n) is 2.80. The van der Waals surface area contributed by atoms with Gasteiger partial charge in [0.1, 0.15) is 0 Å². The van der Waals surface area contributed by atoms with Gasteiger partial charge in [0.2, 0.25) is 0 Å². The van der Waals surface area contributed by atoms with Crippen LogP contribution in [-0.2, 0) is 22.5 Å². The number of hydrogen-bond acceptors (Lipinski definition) is 6. The van der Waals surface area contributed by atoms with Crippen LogP contribution in [0.2, 0.25) is 0 Å². The van der Waals surface area contributed by atoms with E-state index in [2.05, 4.69) is 15.3 Å². The van der Waals surface area contributed by atoms with Crippen molar-refractivity contribution in [2.75, 3.05) is 12.5 Å². The first kappa shape index (κ1) is 18.4. The molecule has 0 saturated carbocycles. The van der Waals surface area contributed by atoms with E-state index in [-0.39, 0.29) is 12.0 Å².